The Labute approximate surface area is 107 Å². The van der Waals surface area contributed by atoms with E-state index in [1.165, 1.54) is 0 Å². The zero-order valence-electron chi connectivity index (χ0n) is 11.0. The number of nitrogen functional groups attached to an aromatic ring is 1. The van der Waals surface area contributed by atoms with Gasteiger partial charge in [-0.15, -0.1) is 0 Å². The van der Waals surface area contributed by atoms with E-state index >= 15 is 0 Å². The first-order chi connectivity index (χ1) is 8.61. The molecule has 2 aromatic rings. The Morgan fingerprint density at radius 2 is 2.17 bits per heavy atom. The normalized spacial score (nSPS) is 10.9. The molecule has 0 aliphatic carbocycles. The number of aromatic amines is 1. The van der Waals surface area contributed by atoms with Crippen molar-refractivity contribution in [1.82, 2.24) is 10.2 Å². The lowest BCUT2D eigenvalue weighted by Crippen LogP contribution is -1.99. The molecule has 1 heterocycles. The number of hydrogen-bond acceptors (Lipinski definition) is 3. The van der Waals surface area contributed by atoms with E-state index in [9.17, 15) is 0 Å². The van der Waals surface area contributed by atoms with Gasteiger partial charge in [0.05, 0.1) is 12.8 Å². The third-order valence-corrected chi connectivity index (χ3v) is 2.87. The molecule has 0 unspecified atom stereocenters. The Hall–Kier alpha value is -1.97. The number of ether oxygens (including phenoxy) is 1. The highest BCUT2D eigenvalue weighted by Gasteiger charge is 2.14. The fourth-order valence-corrected chi connectivity index (χ4v) is 2.01. The maximum Gasteiger partial charge on any atom is 0.149 e. The summed E-state index contributed by atoms with van der Waals surface area (Å²) >= 11 is 0. The van der Waals surface area contributed by atoms with Gasteiger partial charge in [0.25, 0.3) is 0 Å². The summed E-state index contributed by atoms with van der Waals surface area (Å²) in [6.45, 7) is 4.34. The van der Waals surface area contributed by atoms with Crippen LogP contribution in [0.5, 0.6) is 5.75 Å². The number of hydrogen-bond donors (Lipinski definition) is 2. The molecule has 2 rings (SSSR count). The summed E-state index contributed by atoms with van der Waals surface area (Å²) in [6.07, 6.45) is 0.912. The zero-order valence-corrected chi connectivity index (χ0v) is 11.0. The van der Waals surface area contributed by atoms with Crippen LogP contribution < -0.4 is 10.5 Å². The van der Waals surface area contributed by atoms with Crippen LogP contribution in [0.2, 0.25) is 0 Å². The van der Waals surface area contributed by atoms with Gasteiger partial charge < -0.3 is 10.5 Å². The number of methoxy groups -OCH3 is 1. The predicted octanol–water partition coefficient (Wildman–Crippen LogP) is 2.87. The molecule has 1 aromatic carbocycles. The number of aromatic nitrogens is 2. The van der Waals surface area contributed by atoms with Crippen LogP contribution in [0.25, 0.3) is 11.3 Å². The number of rotatable bonds is 4. The highest BCUT2D eigenvalue weighted by molar-refractivity contribution is 5.69. The van der Waals surface area contributed by atoms with E-state index in [1.54, 1.807) is 7.11 Å². The van der Waals surface area contributed by atoms with Crippen molar-refractivity contribution in [3.63, 3.8) is 0 Å². The second kappa shape index (κ2) is 5.12. The first-order valence-corrected chi connectivity index (χ1v) is 6.09. The smallest absolute Gasteiger partial charge is 0.149 e. The van der Waals surface area contributed by atoms with E-state index in [1.807, 2.05) is 24.3 Å². The molecule has 0 aliphatic rings. The van der Waals surface area contributed by atoms with Gasteiger partial charge in [-0.05, 0) is 24.5 Å². The number of anilines is 1. The van der Waals surface area contributed by atoms with Gasteiger partial charge in [-0.3, -0.25) is 5.10 Å². The van der Waals surface area contributed by atoms with E-state index in [2.05, 4.69) is 24.0 Å². The zero-order chi connectivity index (χ0) is 13.1. The van der Waals surface area contributed by atoms with E-state index in [0.29, 0.717) is 11.7 Å². The molecule has 4 nitrogen and oxygen atoms in total. The van der Waals surface area contributed by atoms with Crippen molar-refractivity contribution in [2.24, 2.45) is 5.92 Å². The van der Waals surface area contributed by atoms with Crippen molar-refractivity contribution in [3.05, 3.63) is 29.8 Å². The van der Waals surface area contributed by atoms with Crippen molar-refractivity contribution in [3.8, 4) is 17.0 Å². The summed E-state index contributed by atoms with van der Waals surface area (Å²) in [5.41, 5.74) is 9.04. The minimum Gasteiger partial charge on any atom is -0.497 e. The van der Waals surface area contributed by atoms with Gasteiger partial charge in [0, 0.05) is 11.1 Å². The number of H-pyrrole nitrogens is 1. The van der Waals surface area contributed by atoms with Crippen LogP contribution >= 0.6 is 0 Å². The van der Waals surface area contributed by atoms with Crippen molar-refractivity contribution in [2.45, 2.75) is 20.3 Å². The molecular weight excluding hydrogens is 226 g/mol. The van der Waals surface area contributed by atoms with Crippen LogP contribution in [-0.4, -0.2) is 17.3 Å². The molecule has 96 valence electrons. The molecule has 1 aromatic heterocycles. The summed E-state index contributed by atoms with van der Waals surface area (Å²) in [5.74, 6) is 1.95. The monoisotopic (exact) mass is 245 g/mol. The van der Waals surface area contributed by atoms with Crippen LogP contribution in [0.3, 0.4) is 0 Å². The average Bonchev–Trinajstić information content (AvgIpc) is 2.71. The molecule has 0 atom stereocenters. The molecule has 0 saturated carbocycles. The SMILES string of the molecule is COc1cccc(-c2[nH]nc(N)c2CC(C)C)c1. The molecule has 0 bridgehead atoms. The lowest BCUT2D eigenvalue weighted by Gasteiger charge is -2.08. The van der Waals surface area contributed by atoms with Crippen LogP contribution in [-0.2, 0) is 6.42 Å². The van der Waals surface area contributed by atoms with Gasteiger partial charge in [-0.25, -0.2) is 0 Å². The van der Waals surface area contributed by atoms with Gasteiger partial charge >= 0.3 is 0 Å². The van der Waals surface area contributed by atoms with Gasteiger partial charge in [0.1, 0.15) is 11.6 Å². The van der Waals surface area contributed by atoms with E-state index in [4.69, 9.17) is 10.5 Å². The second-order valence-corrected chi connectivity index (χ2v) is 4.79. The number of nitrogens with one attached hydrogen (secondary N) is 1. The molecule has 0 aliphatic heterocycles. The Kier molecular flexibility index (Phi) is 3.55. The Morgan fingerprint density at radius 1 is 1.39 bits per heavy atom. The van der Waals surface area contributed by atoms with Crippen LogP contribution in [0, 0.1) is 5.92 Å². The molecule has 4 heteroatoms. The molecule has 0 spiro atoms. The molecule has 0 fully saturated rings. The topological polar surface area (TPSA) is 63.9 Å². The number of benzene rings is 1. The Morgan fingerprint density at radius 3 is 2.83 bits per heavy atom. The third-order valence-electron chi connectivity index (χ3n) is 2.87. The maximum atomic E-state index is 5.92. The quantitative estimate of drug-likeness (QED) is 0.870. The van der Waals surface area contributed by atoms with Gasteiger partial charge in [0.2, 0.25) is 0 Å². The summed E-state index contributed by atoms with van der Waals surface area (Å²) in [5, 5.41) is 7.13. The minimum atomic E-state index is 0.536. The first-order valence-electron chi connectivity index (χ1n) is 6.09. The van der Waals surface area contributed by atoms with Gasteiger partial charge in [0.15, 0.2) is 0 Å². The first kappa shape index (κ1) is 12.5. The molecule has 0 saturated heterocycles. The molecule has 3 N–H and O–H groups in total. The lowest BCUT2D eigenvalue weighted by molar-refractivity contribution is 0.415. The minimum absolute atomic E-state index is 0.536. The van der Waals surface area contributed by atoms with Crippen molar-refractivity contribution < 1.29 is 4.74 Å². The summed E-state index contributed by atoms with van der Waals surface area (Å²) < 4.78 is 5.24. The molecule has 18 heavy (non-hydrogen) atoms. The van der Waals surface area contributed by atoms with Crippen molar-refractivity contribution >= 4 is 5.82 Å². The Balaban J connectivity index is 2.43. The number of nitrogens with two attached hydrogens (primary N) is 1. The van der Waals surface area contributed by atoms with E-state index in [-0.39, 0.29) is 0 Å². The fraction of sp³-hybridized carbons (Fsp3) is 0.357. The Bertz CT molecular complexity index is 532. The third kappa shape index (κ3) is 2.47. The summed E-state index contributed by atoms with van der Waals surface area (Å²) in [4.78, 5) is 0. The second-order valence-electron chi connectivity index (χ2n) is 4.79. The highest BCUT2D eigenvalue weighted by Crippen LogP contribution is 2.29. The van der Waals surface area contributed by atoms with Gasteiger partial charge in [-0.1, -0.05) is 26.0 Å². The van der Waals surface area contributed by atoms with Crippen molar-refractivity contribution in [2.75, 3.05) is 12.8 Å². The van der Waals surface area contributed by atoms with Crippen LogP contribution in [0.1, 0.15) is 19.4 Å². The maximum absolute atomic E-state index is 5.92. The highest BCUT2D eigenvalue weighted by atomic mass is 16.5. The predicted molar refractivity (Wildman–Crippen MR) is 73.5 cm³/mol. The fourth-order valence-electron chi connectivity index (χ4n) is 2.01. The van der Waals surface area contributed by atoms with Crippen LogP contribution in [0.4, 0.5) is 5.82 Å². The molecular formula is C14H19N3O. The number of nitrogens with zero attached hydrogens (tertiary/aromatic N) is 1. The average molecular weight is 245 g/mol. The standard InChI is InChI=1S/C14H19N3O/c1-9(2)7-12-13(16-17-14(12)15)10-5-4-6-11(8-10)18-3/h4-6,8-9H,7H2,1-3H3,(H3,15,16,17). The van der Waals surface area contributed by atoms with Crippen molar-refractivity contribution in [1.29, 1.82) is 0 Å². The molecule has 0 amide bonds. The van der Waals surface area contributed by atoms with Crippen LogP contribution in [0.15, 0.2) is 24.3 Å². The summed E-state index contributed by atoms with van der Waals surface area (Å²) in [6, 6.07) is 7.89. The largest absolute Gasteiger partial charge is 0.497 e. The van der Waals surface area contributed by atoms with Gasteiger partial charge in [-0.2, -0.15) is 5.10 Å². The van der Waals surface area contributed by atoms with E-state index in [0.717, 1.165) is 29.0 Å². The summed E-state index contributed by atoms with van der Waals surface area (Å²) in [7, 11) is 1.66. The van der Waals surface area contributed by atoms with E-state index < -0.39 is 0 Å². The lowest BCUT2D eigenvalue weighted by atomic mass is 9.99. The molecule has 0 radical (unpaired) electrons.